The Morgan fingerprint density at radius 1 is 0.800 bits per heavy atom. The maximum Gasteiger partial charge on any atom is 0.0565 e. The van der Waals surface area contributed by atoms with Crippen molar-refractivity contribution in [2.75, 3.05) is 0 Å². The summed E-state index contributed by atoms with van der Waals surface area (Å²) >= 11 is 0. The summed E-state index contributed by atoms with van der Waals surface area (Å²) in [6, 6.07) is 0. The van der Waals surface area contributed by atoms with Crippen LogP contribution in [0.15, 0.2) is 0 Å². The van der Waals surface area contributed by atoms with Crippen molar-refractivity contribution in [2.24, 2.45) is 5.92 Å². The molecule has 0 saturated heterocycles. The van der Waals surface area contributed by atoms with Crippen LogP contribution in [0.1, 0.15) is 78.6 Å². The van der Waals surface area contributed by atoms with Crippen molar-refractivity contribution >= 4 is 0 Å². The molecule has 0 aliphatic carbocycles. The molecule has 0 spiro atoms. The van der Waals surface area contributed by atoms with E-state index in [0.29, 0.717) is 5.92 Å². The first kappa shape index (κ1) is 15.0. The van der Waals surface area contributed by atoms with E-state index >= 15 is 0 Å². The van der Waals surface area contributed by atoms with Crippen LogP contribution in [0.5, 0.6) is 0 Å². The summed E-state index contributed by atoms with van der Waals surface area (Å²) in [5.41, 5.74) is 0. The molecule has 1 nitrogen and oxygen atoms in total. The van der Waals surface area contributed by atoms with Crippen LogP contribution in [0.3, 0.4) is 0 Å². The largest absolute Gasteiger partial charge is 0.393 e. The lowest BCUT2D eigenvalue weighted by Gasteiger charge is -2.18. The van der Waals surface area contributed by atoms with E-state index in [0.717, 1.165) is 6.42 Å². The molecule has 0 rings (SSSR count). The molecule has 0 saturated carbocycles. The van der Waals surface area contributed by atoms with Gasteiger partial charge < -0.3 is 5.11 Å². The standard InChI is InChI=1S/C14H30O/c1-4-6-8-10-11-13(3)14(15)12-9-7-5-2/h13-15H,4-12H2,1-3H3. The molecule has 0 aromatic rings. The second-order valence-corrected chi connectivity index (χ2v) is 4.89. The van der Waals surface area contributed by atoms with Gasteiger partial charge in [0.15, 0.2) is 0 Å². The van der Waals surface area contributed by atoms with Gasteiger partial charge in [-0.05, 0) is 18.8 Å². The summed E-state index contributed by atoms with van der Waals surface area (Å²) in [6.45, 7) is 6.64. The summed E-state index contributed by atoms with van der Waals surface area (Å²) in [5, 5.41) is 9.90. The van der Waals surface area contributed by atoms with E-state index < -0.39 is 0 Å². The highest BCUT2D eigenvalue weighted by Gasteiger charge is 2.12. The van der Waals surface area contributed by atoms with Crippen molar-refractivity contribution in [3.8, 4) is 0 Å². The Labute approximate surface area is 96.3 Å². The van der Waals surface area contributed by atoms with Crippen LogP contribution in [0.2, 0.25) is 0 Å². The minimum Gasteiger partial charge on any atom is -0.393 e. The quantitative estimate of drug-likeness (QED) is 0.530. The second-order valence-electron chi connectivity index (χ2n) is 4.89. The van der Waals surface area contributed by atoms with Crippen LogP contribution >= 0.6 is 0 Å². The molecule has 0 bridgehead atoms. The minimum absolute atomic E-state index is 0.0572. The zero-order valence-electron chi connectivity index (χ0n) is 11.0. The van der Waals surface area contributed by atoms with Crippen molar-refractivity contribution in [3.05, 3.63) is 0 Å². The van der Waals surface area contributed by atoms with E-state index in [2.05, 4.69) is 20.8 Å². The van der Waals surface area contributed by atoms with Crippen LogP contribution < -0.4 is 0 Å². The van der Waals surface area contributed by atoms with Crippen LogP contribution in [-0.2, 0) is 0 Å². The normalized spacial score (nSPS) is 15.2. The van der Waals surface area contributed by atoms with E-state index in [1.807, 2.05) is 0 Å². The Kier molecular flexibility index (Phi) is 10.4. The molecular formula is C14H30O. The number of unbranched alkanes of at least 4 members (excludes halogenated alkanes) is 5. The smallest absolute Gasteiger partial charge is 0.0565 e. The third-order valence-corrected chi connectivity index (χ3v) is 3.27. The maximum absolute atomic E-state index is 9.90. The monoisotopic (exact) mass is 214 g/mol. The summed E-state index contributed by atoms with van der Waals surface area (Å²) in [7, 11) is 0. The van der Waals surface area contributed by atoms with Gasteiger partial charge in [-0.25, -0.2) is 0 Å². The fraction of sp³-hybridized carbons (Fsp3) is 1.00. The van der Waals surface area contributed by atoms with Crippen LogP contribution in [0.4, 0.5) is 0 Å². The molecule has 0 fully saturated rings. The van der Waals surface area contributed by atoms with Crippen molar-refractivity contribution in [1.29, 1.82) is 0 Å². The molecule has 1 N–H and O–H groups in total. The predicted molar refractivity (Wildman–Crippen MR) is 68.1 cm³/mol. The lowest BCUT2D eigenvalue weighted by molar-refractivity contribution is 0.0987. The molecule has 2 atom stereocenters. The van der Waals surface area contributed by atoms with Gasteiger partial charge in [-0.1, -0.05) is 65.7 Å². The molecule has 0 aromatic carbocycles. The molecule has 92 valence electrons. The zero-order chi connectivity index (χ0) is 11.5. The average molecular weight is 214 g/mol. The number of hydrogen-bond donors (Lipinski definition) is 1. The fourth-order valence-electron chi connectivity index (χ4n) is 1.97. The van der Waals surface area contributed by atoms with E-state index in [1.165, 1.54) is 51.4 Å². The predicted octanol–water partition coefficient (Wildman–Crippen LogP) is 4.53. The third-order valence-electron chi connectivity index (χ3n) is 3.27. The first-order chi connectivity index (χ1) is 7.22. The summed E-state index contributed by atoms with van der Waals surface area (Å²) in [5.74, 6) is 0.499. The van der Waals surface area contributed by atoms with Crippen molar-refractivity contribution in [3.63, 3.8) is 0 Å². The lowest BCUT2D eigenvalue weighted by Crippen LogP contribution is -2.17. The Hall–Kier alpha value is -0.0400. The van der Waals surface area contributed by atoms with Gasteiger partial charge in [0.25, 0.3) is 0 Å². The number of aliphatic hydroxyl groups is 1. The van der Waals surface area contributed by atoms with Crippen LogP contribution in [0, 0.1) is 5.92 Å². The SMILES string of the molecule is CCCCCCC(C)C(O)CCCCC. The molecule has 1 heteroatoms. The van der Waals surface area contributed by atoms with Gasteiger partial charge in [-0.2, -0.15) is 0 Å². The van der Waals surface area contributed by atoms with Crippen LogP contribution in [0.25, 0.3) is 0 Å². The van der Waals surface area contributed by atoms with Gasteiger partial charge >= 0.3 is 0 Å². The molecule has 0 aliphatic rings. The molecule has 0 radical (unpaired) electrons. The van der Waals surface area contributed by atoms with Gasteiger partial charge in [0.2, 0.25) is 0 Å². The number of hydrogen-bond acceptors (Lipinski definition) is 1. The number of rotatable bonds is 10. The molecule has 2 unspecified atom stereocenters. The first-order valence-electron chi connectivity index (χ1n) is 6.90. The summed E-state index contributed by atoms with van der Waals surface area (Å²) in [4.78, 5) is 0. The van der Waals surface area contributed by atoms with Gasteiger partial charge in [0.05, 0.1) is 6.10 Å². The van der Waals surface area contributed by atoms with E-state index in [9.17, 15) is 5.11 Å². The van der Waals surface area contributed by atoms with Gasteiger partial charge in [-0.3, -0.25) is 0 Å². The summed E-state index contributed by atoms with van der Waals surface area (Å²) < 4.78 is 0. The molecule has 15 heavy (non-hydrogen) atoms. The third kappa shape index (κ3) is 8.92. The zero-order valence-corrected chi connectivity index (χ0v) is 11.0. The van der Waals surface area contributed by atoms with Gasteiger partial charge in [0, 0.05) is 0 Å². The Balaban J connectivity index is 3.38. The van der Waals surface area contributed by atoms with E-state index in [4.69, 9.17) is 0 Å². The highest BCUT2D eigenvalue weighted by Crippen LogP contribution is 2.18. The summed E-state index contributed by atoms with van der Waals surface area (Å²) in [6.07, 6.45) is 11.1. The Morgan fingerprint density at radius 3 is 1.93 bits per heavy atom. The lowest BCUT2D eigenvalue weighted by atomic mass is 9.93. The highest BCUT2D eigenvalue weighted by molar-refractivity contribution is 4.64. The molecule has 0 amide bonds. The first-order valence-corrected chi connectivity index (χ1v) is 6.90. The molecular weight excluding hydrogens is 184 g/mol. The Morgan fingerprint density at radius 2 is 1.33 bits per heavy atom. The molecule has 0 heterocycles. The van der Waals surface area contributed by atoms with Gasteiger partial charge in [-0.15, -0.1) is 0 Å². The fourth-order valence-corrected chi connectivity index (χ4v) is 1.97. The van der Waals surface area contributed by atoms with Crippen molar-refractivity contribution < 1.29 is 5.11 Å². The molecule has 0 aromatic heterocycles. The number of aliphatic hydroxyl groups excluding tert-OH is 1. The van der Waals surface area contributed by atoms with Gasteiger partial charge in [0.1, 0.15) is 0 Å². The topological polar surface area (TPSA) is 20.2 Å². The van der Waals surface area contributed by atoms with E-state index in [-0.39, 0.29) is 6.10 Å². The van der Waals surface area contributed by atoms with Crippen LogP contribution in [-0.4, -0.2) is 11.2 Å². The van der Waals surface area contributed by atoms with E-state index in [1.54, 1.807) is 0 Å². The van der Waals surface area contributed by atoms with Crippen molar-refractivity contribution in [1.82, 2.24) is 0 Å². The highest BCUT2D eigenvalue weighted by atomic mass is 16.3. The minimum atomic E-state index is -0.0572. The second kappa shape index (κ2) is 10.5. The molecule has 0 aliphatic heterocycles. The average Bonchev–Trinajstić information content (AvgIpc) is 2.24. The maximum atomic E-state index is 9.90. The van der Waals surface area contributed by atoms with Crippen molar-refractivity contribution in [2.45, 2.75) is 84.7 Å². The Bertz CT molecular complexity index is 123.